The Hall–Kier alpha value is -6.44. The first-order valence-corrected chi connectivity index (χ1v) is 31.2. The number of benzene rings is 7. The fourth-order valence-corrected chi connectivity index (χ4v) is 11.2. The third-order valence-electron chi connectivity index (χ3n) is 13.4. The number of furan rings is 1. The van der Waals surface area contributed by atoms with Crippen molar-refractivity contribution in [1.29, 1.82) is 0 Å². The van der Waals surface area contributed by atoms with Crippen molar-refractivity contribution in [2.45, 2.75) is 63.7 Å². The Labute approximate surface area is 422 Å². The molecule has 69 heavy (non-hydrogen) atoms. The van der Waals surface area contributed by atoms with Gasteiger partial charge in [-0.2, -0.15) is 0 Å². The fourth-order valence-electron chi connectivity index (χ4n) is 9.06. The number of para-hydroxylation sites is 1. The zero-order valence-corrected chi connectivity index (χ0v) is 45.0. The quantitative estimate of drug-likeness (QED) is 0.107. The van der Waals surface area contributed by atoms with Crippen LogP contribution in [0.4, 0.5) is 0 Å². The molecule has 0 amide bonds. The summed E-state index contributed by atoms with van der Waals surface area (Å²) in [6.07, 6.45) is 2.06. The third kappa shape index (κ3) is 9.38. The molecule has 0 N–H and O–H groups in total. The summed E-state index contributed by atoms with van der Waals surface area (Å²) in [6.45, 7) is 11.1. The van der Waals surface area contributed by atoms with Gasteiger partial charge < -0.3 is 8.98 Å². The van der Waals surface area contributed by atoms with Crippen LogP contribution < -0.4 is 4.40 Å². The van der Waals surface area contributed by atoms with Gasteiger partial charge in [0.15, 0.2) is 0 Å². The fraction of sp³-hybridized carbons (Fsp3) is 0.177. The van der Waals surface area contributed by atoms with Gasteiger partial charge >= 0.3 is 119 Å². The number of hydrogen-bond donors (Lipinski definition) is 0. The molecule has 4 heterocycles. The van der Waals surface area contributed by atoms with Gasteiger partial charge in [-0.1, -0.05) is 141 Å². The summed E-state index contributed by atoms with van der Waals surface area (Å²) in [5.74, 6) is 9.27. The number of imidazole rings is 1. The molecule has 5 nitrogen and oxygen atoms in total. The minimum Gasteiger partial charge on any atom is 0 e. The molecule has 0 fully saturated rings. The predicted octanol–water partition coefficient (Wildman–Crippen LogP) is 16.2. The van der Waals surface area contributed by atoms with E-state index < -0.39 is 13.3 Å². The number of hydrogen-bond acceptors (Lipinski definition) is 4. The second-order valence-electron chi connectivity index (χ2n) is 19.6. The summed E-state index contributed by atoms with van der Waals surface area (Å²) in [7, 11) is 0. The Balaban J connectivity index is 0.000000250. The van der Waals surface area contributed by atoms with Crippen LogP contribution in [0.3, 0.4) is 0 Å². The van der Waals surface area contributed by atoms with Crippen molar-refractivity contribution in [1.82, 2.24) is 19.5 Å². The second-order valence-corrected chi connectivity index (χ2v) is 30.2. The number of rotatable bonds is 9. The largest absolute Gasteiger partial charge is 0 e. The molecule has 0 bridgehead atoms. The van der Waals surface area contributed by atoms with Gasteiger partial charge in [-0.15, -0.1) is 18.2 Å². The van der Waals surface area contributed by atoms with E-state index in [4.69, 9.17) is 14.4 Å². The molecule has 1 unspecified atom stereocenters. The molecule has 1 radical (unpaired) electrons. The van der Waals surface area contributed by atoms with Crippen molar-refractivity contribution < 1.29 is 24.5 Å². The molecular weight excluding hydrogens is 1080 g/mol. The number of aromatic nitrogens is 4. The van der Waals surface area contributed by atoms with Crippen molar-refractivity contribution in [3.8, 4) is 50.6 Å². The maximum atomic E-state index is 6.72. The van der Waals surface area contributed by atoms with Gasteiger partial charge in [-0.25, -0.2) is 4.98 Å². The van der Waals surface area contributed by atoms with Crippen molar-refractivity contribution in [3.05, 3.63) is 199 Å². The average Bonchev–Trinajstić information content (AvgIpc) is 3.95. The van der Waals surface area contributed by atoms with Crippen LogP contribution in [-0.4, -0.2) is 32.8 Å². The SMILES string of the molecule is CC(C)C(C)c1ccc2c(n1)oc1c(-c3nc4ccc5ccccc5c4n3-c3c(-c4ccccc4)cccc3-c3ccccc3)[c-]ccc12.CC(C)c1c[c-]c(-c2cc[c]([Ge]([CH3])([CH3])[CH3])cn2)cc1.[Ir]. The molecule has 0 aliphatic rings. The van der Waals surface area contributed by atoms with Crippen LogP contribution in [0.25, 0.3) is 94.5 Å². The monoisotopic (exact) mass is 1140 g/mol. The first-order chi connectivity index (χ1) is 32.9. The van der Waals surface area contributed by atoms with Crippen molar-refractivity contribution >= 4 is 61.5 Å². The summed E-state index contributed by atoms with van der Waals surface area (Å²) in [6, 6.07) is 66.7. The zero-order chi connectivity index (χ0) is 47.1. The normalized spacial score (nSPS) is 12.1. The van der Waals surface area contributed by atoms with Crippen molar-refractivity contribution in [2.24, 2.45) is 5.92 Å². The van der Waals surface area contributed by atoms with E-state index in [-0.39, 0.29) is 20.1 Å². The smallest absolute Gasteiger partial charge is 0 e. The van der Waals surface area contributed by atoms with Crippen molar-refractivity contribution in [2.75, 3.05) is 0 Å². The first kappa shape index (κ1) is 47.6. The molecular formula is C62H56GeIrN4O-2. The molecule has 7 heteroatoms. The van der Waals surface area contributed by atoms with Crippen LogP contribution in [0.15, 0.2) is 180 Å². The van der Waals surface area contributed by atoms with Gasteiger partial charge in [0, 0.05) is 53.6 Å². The molecule has 0 spiro atoms. The van der Waals surface area contributed by atoms with Gasteiger partial charge in [0.2, 0.25) is 5.71 Å². The van der Waals surface area contributed by atoms with Crippen LogP contribution in [-0.2, 0) is 20.1 Å². The number of pyridine rings is 2. The van der Waals surface area contributed by atoms with E-state index in [1.165, 1.54) is 9.96 Å². The molecule has 345 valence electrons. The van der Waals surface area contributed by atoms with Crippen LogP contribution in [0.5, 0.6) is 0 Å². The minimum absolute atomic E-state index is 0. The van der Waals surface area contributed by atoms with E-state index in [0.29, 0.717) is 23.5 Å². The van der Waals surface area contributed by atoms with Gasteiger partial charge in [-0.3, -0.25) is 4.98 Å². The number of fused-ring (bicyclic) bond motifs is 6. The molecule has 0 saturated heterocycles. The molecule has 4 aromatic heterocycles. The van der Waals surface area contributed by atoms with Gasteiger partial charge in [0.1, 0.15) is 0 Å². The predicted molar refractivity (Wildman–Crippen MR) is 288 cm³/mol. The van der Waals surface area contributed by atoms with Gasteiger partial charge in [0.05, 0.1) is 28.1 Å². The molecule has 7 aromatic carbocycles. The molecule has 0 saturated carbocycles. The topological polar surface area (TPSA) is 56.7 Å². The van der Waals surface area contributed by atoms with E-state index in [0.717, 1.165) is 94.4 Å². The van der Waals surface area contributed by atoms with Crippen LogP contribution >= 0.6 is 0 Å². The second kappa shape index (κ2) is 19.9. The standard InChI is InChI=1S/C45H34N3O.C17H22GeN.Ir/c1-28(2)29(3)39-27-25-37-36-22-13-23-38(43(36)49-45(37)47-39)44-46-40-26-24-32-18-10-11-19-35(32)42(40)48(44)41-33(30-14-6-4-7-15-30)20-12-21-34(41)31-16-8-5-9-17-31;1-13(2)14-6-8-15(9-7-14)17-11-10-16(12-19-17)18(3,4)5;/h4-22,24-29H,1-3H3;6-8,10-13H,1-5H3;/q2*-1;. The van der Waals surface area contributed by atoms with Crippen LogP contribution in [0, 0.1) is 18.1 Å². The maximum absolute atomic E-state index is 6.72. The third-order valence-corrected chi connectivity index (χ3v) is 17.6. The molecule has 1 atom stereocenters. The van der Waals surface area contributed by atoms with E-state index in [1.54, 1.807) is 0 Å². The average molecular weight is 1140 g/mol. The van der Waals surface area contributed by atoms with Gasteiger partial charge in [-0.05, 0) is 40.6 Å². The van der Waals surface area contributed by atoms with E-state index in [2.05, 4.69) is 244 Å². The zero-order valence-electron chi connectivity index (χ0n) is 40.5. The number of nitrogens with zero attached hydrogens (tertiary/aromatic N) is 4. The van der Waals surface area contributed by atoms with Crippen LogP contribution in [0.2, 0.25) is 17.3 Å². The molecule has 0 aliphatic carbocycles. The van der Waals surface area contributed by atoms with Crippen molar-refractivity contribution in [3.63, 3.8) is 0 Å². The van der Waals surface area contributed by atoms with Gasteiger partial charge in [0.25, 0.3) is 0 Å². The Bertz CT molecular complexity index is 3500. The Morgan fingerprint density at radius 2 is 1.30 bits per heavy atom. The summed E-state index contributed by atoms with van der Waals surface area (Å²) in [5.41, 5.74) is 14.1. The van der Waals surface area contributed by atoms with E-state index in [9.17, 15) is 0 Å². The minimum atomic E-state index is -1.74. The van der Waals surface area contributed by atoms with E-state index in [1.807, 2.05) is 6.07 Å². The Morgan fingerprint density at radius 1 is 0.609 bits per heavy atom. The Morgan fingerprint density at radius 3 is 1.93 bits per heavy atom. The molecule has 11 rings (SSSR count). The Kier molecular flexibility index (Phi) is 13.7. The summed E-state index contributed by atoms with van der Waals surface area (Å²) in [4.78, 5) is 15.1. The van der Waals surface area contributed by atoms with Crippen LogP contribution in [0.1, 0.15) is 57.7 Å². The first-order valence-electron chi connectivity index (χ1n) is 23.8. The molecule has 0 aliphatic heterocycles. The van der Waals surface area contributed by atoms with E-state index >= 15 is 0 Å². The summed E-state index contributed by atoms with van der Waals surface area (Å²) in [5, 5.41) is 4.28. The molecule has 11 aromatic rings. The summed E-state index contributed by atoms with van der Waals surface area (Å²) >= 11 is -1.74. The summed E-state index contributed by atoms with van der Waals surface area (Å²) < 4.78 is 10.5. The maximum Gasteiger partial charge on any atom is 0 e.